The average Bonchev–Trinajstić information content (AvgIpc) is 2.87. The molecule has 0 bridgehead atoms. The molecule has 5 nitrogen and oxygen atoms in total. The zero-order valence-corrected chi connectivity index (χ0v) is 21.1. The number of carbonyl (C=O) groups excluding carboxylic acids is 1. The van der Waals surface area contributed by atoms with Crippen molar-refractivity contribution in [2.45, 2.75) is 32.0 Å². The second kappa shape index (κ2) is 11.1. The van der Waals surface area contributed by atoms with E-state index in [0.29, 0.717) is 0 Å². The van der Waals surface area contributed by atoms with Gasteiger partial charge in [0.25, 0.3) is 0 Å². The summed E-state index contributed by atoms with van der Waals surface area (Å²) in [4.78, 5) is 17.4. The normalized spacial score (nSPS) is 13.1. The van der Waals surface area contributed by atoms with Crippen LogP contribution in [-0.4, -0.2) is 11.0 Å². The van der Waals surface area contributed by atoms with Gasteiger partial charge in [-0.25, -0.2) is 4.98 Å². The zero-order chi connectivity index (χ0) is 27.4. The summed E-state index contributed by atoms with van der Waals surface area (Å²) in [5, 5.41) is 11.6. The van der Waals surface area contributed by atoms with Crippen molar-refractivity contribution in [1.29, 1.82) is 5.26 Å². The Morgan fingerprint density at radius 1 is 0.974 bits per heavy atom. The first-order valence-corrected chi connectivity index (χ1v) is 12.0. The van der Waals surface area contributed by atoms with Crippen LogP contribution in [0.2, 0.25) is 5.02 Å². The van der Waals surface area contributed by atoms with Crippen LogP contribution >= 0.6 is 11.6 Å². The van der Waals surface area contributed by atoms with E-state index in [0.717, 1.165) is 28.5 Å². The van der Waals surface area contributed by atoms with Crippen LogP contribution in [0.15, 0.2) is 78.9 Å². The molecule has 2 unspecified atom stereocenters. The third-order valence-electron chi connectivity index (χ3n) is 5.88. The molecule has 0 spiro atoms. The number of hydrogen-bond acceptors (Lipinski definition) is 5. The maximum Gasteiger partial charge on any atom is 0.420 e. The highest BCUT2D eigenvalue weighted by molar-refractivity contribution is 6.30. The quantitative estimate of drug-likeness (QED) is 0.221. The standard InChI is InChI=1S/C29H22ClF3N2O3/c1-17(2)27(20-11-10-18-6-3-4-7-19(18)14-20)28(36)38-25(16-34)23-8-5-9-26(35-23)37-24-13-12-21(30)15-22(24)29(31,32)33/h3-15,17,25,27H,1-2H3. The van der Waals surface area contributed by atoms with Gasteiger partial charge in [0.1, 0.15) is 11.8 Å². The van der Waals surface area contributed by atoms with Crippen molar-refractivity contribution < 1.29 is 27.4 Å². The van der Waals surface area contributed by atoms with Gasteiger partial charge in [0.15, 0.2) is 0 Å². The number of carbonyl (C=O) groups is 1. The summed E-state index contributed by atoms with van der Waals surface area (Å²) in [5.74, 6) is -2.13. The highest BCUT2D eigenvalue weighted by Crippen LogP contribution is 2.39. The zero-order valence-electron chi connectivity index (χ0n) is 20.4. The smallest absolute Gasteiger partial charge is 0.420 e. The van der Waals surface area contributed by atoms with Crippen LogP contribution in [0, 0.1) is 17.2 Å². The Kier molecular flexibility index (Phi) is 7.88. The fourth-order valence-corrected chi connectivity index (χ4v) is 4.27. The Morgan fingerprint density at radius 3 is 2.39 bits per heavy atom. The molecule has 0 N–H and O–H groups in total. The molecule has 0 aliphatic carbocycles. The van der Waals surface area contributed by atoms with E-state index in [9.17, 15) is 23.2 Å². The summed E-state index contributed by atoms with van der Waals surface area (Å²) in [5.41, 5.74) is -0.314. The molecule has 4 rings (SSSR count). The van der Waals surface area contributed by atoms with Crippen LogP contribution in [0.1, 0.15) is 42.7 Å². The molecule has 2 atom stereocenters. The molecular weight excluding hydrogens is 517 g/mol. The maximum absolute atomic E-state index is 13.4. The first kappa shape index (κ1) is 27.0. The number of alkyl halides is 3. The van der Waals surface area contributed by atoms with Crippen molar-refractivity contribution in [2.75, 3.05) is 0 Å². The highest BCUT2D eigenvalue weighted by atomic mass is 35.5. The third kappa shape index (κ3) is 6.06. The summed E-state index contributed by atoms with van der Waals surface area (Å²) >= 11 is 5.72. The van der Waals surface area contributed by atoms with E-state index >= 15 is 0 Å². The molecule has 0 saturated carbocycles. The summed E-state index contributed by atoms with van der Waals surface area (Å²) in [6.45, 7) is 3.75. The van der Waals surface area contributed by atoms with Crippen LogP contribution in [-0.2, 0) is 15.7 Å². The van der Waals surface area contributed by atoms with Gasteiger partial charge in [0, 0.05) is 11.1 Å². The van der Waals surface area contributed by atoms with Crippen LogP contribution < -0.4 is 4.74 Å². The number of pyridine rings is 1. The topological polar surface area (TPSA) is 72.2 Å². The van der Waals surface area contributed by atoms with Crippen molar-refractivity contribution in [3.63, 3.8) is 0 Å². The van der Waals surface area contributed by atoms with E-state index in [2.05, 4.69) is 4.98 Å². The van der Waals surface area contributed by atoms with Crippen LogP contribution in [0.3, 0.4) is 0 Å². The number of benzene rings is 3. The molecule has 3 aromatic carbocycles. The lowest BCUT2D eigenvalue weighted by Crippen LogP contribution is -2.23. The van der Waals surface area contributed by atoms with Gasteiger partial charge in [0.2, 0.25) is 12.0 Å². The van der Waals surface area contributed by atoms with Crippen molar-refractivity contribution in [3.05, 3.63) is 101 Å². The van der Waals surface area contributed by atoms with E-state index in [1.807, 2.05) is 62.4 Å². The van der Waals surface area contributed by atoms with E-state index in [1.54, 1.807) is 0 Å². The Labute approximate surface area is 222 Å². The van der Waals surface area contributed by atoms with Gasteiger partial charge in [0.05, 0.1) is 17.2 Å². The SMILES string of the molecule is CC(C)C(C(=O)OC(C#N)c1cccc(Oc2ccc(Cl)cc2C(F)(F)F)n1)c1ccc2ccccc2c1. The minimum absolute atomic E-state index is 0.0156. The highest BCUT2D eigenvalue weighted by Gasteiger charge is 2.35. The molecule has 0 aliphatic heterocycles. The molecule has 0 aliphatic rings. The first-order chi connectivity index (χ1) is 18.1. The molecule has 1 aromatic heterocycles. The monoisotopic (exact) mass is 538 g/mol. The Morgan fingerprint density at radius 2 is 1.71 bits per heavy atom. The number of nitrogens with zero attached hydrogens (tertiary/aromatic N) is 2. The van der Waals surface area contributed by atoms with E-state index < -0.39 is 35.5 Å². The van der Waals surface area contributed by atoms with E-state index in [-0.39, 0.29) is 22.5 Å². The van der Waals surface area contributed by atoms with Crippen LogP contribution in [0.5, 0.6) is 11.6 Å². The number of fused-ring (bicyclic) bond motifs is 1. The Balaban J connectivity index is 1.58. The van der Waals surface area contributed by atoms with Gasteiger partial charge < -0.3 is 9.47 Å². The number of esters is 1. The lowest BCUT2D eigenvalue weighted by atomic mass is 9.87. The first-order valence-electron chi connectivity index (χ1n) is 11.7. The lowest BCUT2D eigenvalue weighted by Gasteiger charge is -2.22. The number of hydrogen-bond donors (Lipinski definition) is 0. The molecule has 194 valence electrons. The molecule has 38 heavy (non-hydrogen) atoms. The van der Waals surface area contributed by atoms with Gasteiger partial charge >= 0.3 is 12.1 Å². The molecule has 0 radical (unpaired) electrons. The van der Waals surface area contributed by atoms with Gasteiger partial charge in [-0.05, 0) is 46.5 Å². The summed E-state index contributed by atoms with van der Waals surface area (Å²) in [6, 6.07) is 22.6. The number of halogens is 4. The second-order valence-corrected chi connectivity index (χ2v) is 9.35. The minimum atomic E-state index is -4.71. The number of aromatic nitrogens is 1. The largest absolute Gasteiger partial charge is 0.440 e. The molecule has 0 fully saturated rings. The number of nitriles is 1. The van der Waals surface area contributed by atoms with E-state index in [4.69, 9.17) is 21.1 Å². The fraction of sp³-hybridized carbons (Fsp3) is 0.207. The van der Waals surface area contributed by atoms with Gasteiger partial charge in [-0.2, -0.15) is 18.4 Å². The average molecular weight is 539 g/mol. The summed E-state index contributed by atoms with van der Waals surface area (Å²) in [6.07, 6.45) is -6.11. The van der Waals surface area contributed by atoms with Crippen LogP contribution in [0.25, 0.3) is 10.8 Å². The molecule has 0 amide bonds. The number of rotatable bonds is 7. The summed E-state index contributed by atoms with van der Waals surface area (Å²) < 4.78 is 51.3. The van der Waals surface area contributed by atoms with Crippen molar-refractivity contribution >= 4 is 28.3 Å². The Bertz CT molecular complexity index is 1520. The van der Waals surface area contributed by atoms with Gasteiger partial charge in [-0.15, -0.1) is 0 Å². The second-order valence-electron chi connectivity index (χ2n) is 8.92. The van der Waals surface area contributed by atoms with Crippen molar-refractivity contribution in [2.24, 2.45) is 5.92 Å². The molecule has 0 saturated heterocycles. The maximum atomic E-state index is 13.4. The van der Waals surface area contributed by atoms with E-state index in [1.165, 1.54) is 24.3 Å². The molecule has 9 heteroatoms. The molecule has 4 aromatic rings. The number of ether oxygens (including phenoxy) is 2. The van der Waals surface area contributed by atoms with Crippen molar-refractivity contribution in [1.82, 2.24) is 4.98 Å². The predicted molar refractivity (Wildman–Crippen MR) is 137 cm³/mol. The van der Waals surface area contributed by atoms with Gasteiger partial charge in [-0.3, -0.25) is 4.79 Å². The third-order valence-corrected chi connectivity index (χ3v) is 6.11. The summed E-state index contributed by atoms with van der Waals surface area (Å²) in [7, 11) is 0. The minimum Gasteiger partial charge on any atom is -0.440 e. The predicted octanol–water partition coefficient (Wildman–Crippen LogP) is 8.25. The van der Waals surface area contributed by atoms with Crippen LogP contribution in [0.4, 0.5) is 13.2 Å². The molecular formula is C29H22ClF3N2O3. The fourth-order valence-electron chi connectivity index (χ4n) is 4.10. The lowest BCUT2D eigenvalue weighted by molar-refractivity contribution is -0.150. The molecule has 1 heterocycles. The van der Waals surface area contributed by atoms with Crippen molar-refractivity contribution in [3.8, 4) is 17.7 Å². The Hall–Kier alpha value is -4.09. The van der Waals surface area contributed by atoms with Gasteiger partial charge in [-0.1, -0.05) is 74.0 Å².